The molecule has 0 aliphatic rings. The Morgan fingerprint density at radius 3 is 2.59 bits per heavy atom. The van der Waals surface area contributed by atoms with Crippen LogP contribution in [0, 0.1) is 0 Å². The molecule has 34 heavy (non-hydrogen) atoms. The number of benzene rings is 2. The summed E-state index contributed by atoms with van der Waals surface area (Å²) in [5, 5.41) is 4.91. The first-order valence-corrected chi connectivity index (χ1v) is 11.1. The monoisotopic (exact) mass is 488 g/mol. The van der Waals surface area contributed by atoms with E-state index in [0.29, 0.717) is 28.9 Å². The number of nitrogens with one attached hydrogen (secondary N) is 1. The highest BCUT2D eigenvalue weighted by Crippen LogP contribution is 2.33. The number of rotatable bonds is 6. The molecule has 2 aromatic carbocycles. The van der Waals surface area contributed by atoms with Gasteiger partial charge in [0.15, 0.2) is 5.15 Å². The second-order valence-corrected chi connectivity index (χ2v) is 8.20. The maximum Gasteiger partial charge on any atom is 0.151 e. The van der Waals surface area contributed by atoms with Crippen molar-refractivity contribution in [1.29, 1.82) is 0 Å². The molecule has 0 fully saturated rings. The molecule has 0 bridgehead atoms. The van der Waals surface area contributed by atoms with E-state index in [1.807, 2.05) is 48.5 Å². The highest BCUT2D eigenvalue weighted by molar-refractivity contribution is 6.32. The number of nitrogens with zero attached hydrogens (tertiary/aromatic N) is 4. The normalized spacial score (nSPS) is 10.9. The molecule has 3 aromatic heterocycles. The van der Waals surface area contributed by atoms with Gasteiger partial charge in [-0.05, 0) is 54.1 Å². The van der Waals surface area contributed by atoms with Gasteiger partial charge in [0.1, 0.15) is 24.5 Å². The van der Waals surface area contributed by atoms with Crippen molar-refractivity contribution in [2.45, 2.75) is 6.61 Å². The fraction of sp³-hybridized carbons (Fsp3) is 0.0400. The lowest BCUT2D eigenvalue weighted by atomic mass is 10.0. The lowest BCUT2D eigenvalue weighted by Crippen LogP contribution is -1.99. The molecular formula is C25H18Cl2N6O. The molecule has 7 nitrogen and oxygen atoms in total. The highest BCUT2D eigenvalue weighted by Gasteiger charge is 2.10. The molecule has 9 heteroatoms. The number of halogens is 2. The molecule has 0 aliphatic carbocycles. The molecule has 0 amide bonds. The SMILES string of the molecule is Nc1cc(-c2ccc3ncnc(Nc4ccc(OCc5ccccn5)c(Cl)c4)c3c2)cnc1Cl. The van der Waals surface area contributed by atoms with Gasteiger partial charge in [-0.2, -0.15) is 0 Å². The van der Waals surface area contributed by atoms with E-state index >= 15 is 0 Å². The quantitative estimate of drug-likeness (QED) is 0.270. The number of hydrogen-bond acceptors (Lipinski definition) is 7. The van der Waals surface area contributed by atoms with Crippen LogP contribution in [0.3, 0.4) is 0 Å². The number of nitrogen functional groups attached to an aromatic ring is 1. The molecule has 0 aliphatic heterocycles. The number of nitrogens with two attached hydrogens (primary N) is 1. The number of hydrogen-bond donors (Lipinski definition) is 2. The minimum atomic E-state index is 0.277. The zero-order valence-corrected chi connectivity index (χ0v) is 19.3. The van der Waals surface area contributed by atoms with Crippen LogP contribution >= 0.6 is 23.2 Å². The third-order valence-corrected chi connectivity index (χ3v) is 5.74. The van der Waals surface area contributed by atoms with Gasteiger partial charge in [-0.15, -0.1) is 0 Å². The fourth-order valence-corrected chi connectivity index (χ4v) is 3.76. The molecule has 3 heterocycles. The number of fused-ring (bicyclic) bond motifs is 1. The van der Waals surface area contributed by atoms with Crippen molar-refractivity contribution in [3.8, 4) is 16.9 Å². The van der Waals surface area contributed by atoms with Crippen LogP contribution < -0.4 is 15.8 Å². The summed E-state index contributed by atoms with van der Waals surface area (Å²) in [6.07, 6.45) is 4.92. The molecule has 0 spiro atoms. The minimum Gasteiger partial charge on any atom is -0.486 e. The predicted molar refractivity (Wildman–Crippen MR) is 135 cm³/mol. The number of aromatic nitrogens is 4. The Bertz CT molecular complexity index is 1480. The van der Waals surface area contributed by atoms with E-state index in [1.165, 1.54) is 6.33 Å². The van der Waals surface area contributed by atoms with E-state index in [2.05, 4.69) is 25.3 Å². The topological polar surface area (TPSA) is 98.8 Å². The summed E-state index contributed by atoms with van der Waals surface area (Å²) in [5.74, 6) is 1.21. The van der Waals surface area contributed by atoms with E-state index in [9.17, 15) is 0 Å². The molecular weight excluding hydrogens is 471 g/mol. The smallest absolute Gasteiger partial charge is 0.151 e. The van der Waals surface area contributed by atoms with Gasteiger partial charge in [-0.3, -0.25) is 4.98 Å². The van der Waals surface area contributed by atoms with Gasteiger partial charge in [0.2, 0.25) is 0 Å². The summed E-state index contributed by atoms with van der Waals surface area (Å²) in [6.45, 7) is 0.330. The minimum absolute atomic E-state index is 0.277. The first-order chi connectivity index (χ1) is 16.6. The van der Waals surface area contributed by atoms with E-state index in [4.69, 9.17) is 33.7 Å². The Balaban J connectivity index is 1.40. The molecule has 168 valence electrons. The maximum atomic E-state index is 6.47. The Labute approximate surface area is 205 Å². The van der Waals surface area contributed by atoms with Gasteiger partial charge in [-0.25, -0.2) is 15.0 Å². The number of anilines is 3. The third kappa shape index (κ3) is 4.71. The van der Waals surface area contributed by atoms with E-state index in [0.717, 1.165) is 33.4 Å². The summed E-state index contributed by atoms with van der Waals surface area (Å²) in [7, 11) is 0. The first-order valence-electron chi connectivity index (χ1n) is 10.3. The van der Waals surface area contributed by atoms with Crippen molar-refractivity contribution in [2.24, 2.45) is 0 Å². The largest absolute Gasteiger partial charge is 0.486 e. The Morgan fingerprint density at radius 1 is 0.882 bits per heavy atom. The van der Waals surface area contributed by atoms with Crippen molar-refractivity contribution < 1.29 is 4.74 Å². The Hall–Kier alpha value is -3.94. The van der Waals surface area contributed by atoms with Crippen molar-refractivity contribution in [3.63, 3.8) is 0 Å². The second-order valence-electron chi connectivity index (χ2n) is 7.44. The summed E-state index contributed by atoms with van der Waals surface area (Å²) < 4.78 is 5.81. The van der Waals surface area contributed by atoms with Crippen molar-refractivity contribution >= 4 is 51.3 Å². The Kier molecular flexibility index (Phi) is 6.12. The van der Waals surface area contributed by atoms with Crippen LogP contribution in [0.1, 0.15) is 5.69 Å². The molecule has 0 saturated heterocycles. The molecule has 0 atom stereocenters. The molecule has 0 saturated carbocycles. The average Bonchev–Trinajstić information content (AvgIpc) is 2.86. The Morgan fingerprint density at radius 2 is 1.79 bits per heavy atom. The van der Waals surface area contributed by atoms with Gasteiger partial charge in [-0.1, -0.05) is 35.3 Å². The molecule has 0 unspecified atom stereocenters. The van der Waals surface area contributed by atoms with Crippen LogP contribution in [0.2, 0.25) is 10.2 Å². The van der Waals surface area contributed by atoms with E-state index < -0.39 is 0 Å². The highest BCUT2D eigenvalue weighted by atomic mass is 35.5. The van der Waals surface area contributed by atoms with Crippen molar-refractivity contribution in [1.82, 2.24) is 19.9 Å². The van der Waals surface area contributed by atoms with Crippen LogP contribution in [-0.4, -0.2) is 19.9 Å². The lowest BCUT2D eigenvalue weighted by molar-refractivity contribution is 0.301. The number of ether oxygens (including phenoxy) is 1. The van der Waals surface area contributed by atoms with Gasteiger partial charge in [0.25, 0.3) is 0 Å². The summed E-state index contributed by atoms with van der Waals surface area (Å²) in [5.41, 5.74) is 10.5. The van der Waals surface area contributed by atoms with Crippen molar-refractivity contribution in [2.75, 3.05) is 11.1 Å². The first kappa shape index (κ1) is 21.9. The number of pyridine rings is 2. The fourth-order valence-electron chi connectivity index (χ4n) is 3.43. The van der Waals surface area contributed by atoms with Gasteiger partial charge in [0, 0.05) is 29.0 Å². The van der Waals surface area contributed by atoms with Gasteiger partial charge < -0.3 is 15.8 Å². The molecule has 3 N–H and O–H groups in total. The van der Waals surface area contributed by atoms with Crippen LogP contribution in [0.25, 0.3) is 22.0 Å². The maximum absolute atomic E-state index is 6.47. The van der Waals surface area contributed by atoms with Crippen LogP contribution in [0.15, 0.2) is 79.4 Å². The van der Waals surface area contributed by atoms with Crippen LogP contribution in [0.4, 0.5) is 17.2 Å². The second kappa shape index (κ2) is 9.51. The molecule has 5 rings (SSSR count). The summed E-state index contributed by atoms with van der Waals surface area (Å²) in [6, 6.07) is 18.8. The zero-order valence-electron chi connectivity index (χ0n) is 17.7. The third-order valence-electron chi connectivity index (χ3n) is 5.13. The summed E-state index contributed by atoms with van der Waals surface area (Å²) >= 11 is 12.4. The van der Waals surface area contributed by atoms with Crippen LogP contribution in [-0.2, 0) is 6.61 Å². The van der Waals surface area contributed by atoms with Crippen molar-refractivity contribution in [3.05, 3.63) is 95.3 Å². The summed E-state index contributed by atoms with van der Waals surface area (Å²) in [4.78, 5) is 17.2. The zero-order chi connectivity index (χ0) is 23.5. The lowest BCUT2D eigenvalue weighted by Gasteiger charge is -2.12. The average molecular weight is 489 g/mol. The standard InChI is InChI=1S/C25H18Cl2N6O/c26-20-11-17(5-7-23(20)34-13-18-3-1-2-8-29-18)33-25-19-9-15(4-6-22(19)31-14-32-25)16-10-21(28)24(27)30-12-16/h1-12,14H,13,28H2,(H,31,32,33). The van der Waals surface area contributed by atoms with E-state index in [-0.39, 0.29) is 5.15 Å². The van der Waals surface area contributed by atoms with Gasteiger partial charge in [0.05, 0.1) is 21.9 Å². The van der Waals surface area contributed by atoms with Crippen LogP contribution in [0.5, 0.6) is 5.75 Å². The predicted octanol–water partition coefficient (Wildman–Crippen LogP) is 6.30. The molecule has 0 radical (unpaired) electrons. The van der Waals surface area contributed by atoms with Gasteiger partial charge >= 0.3 is 0 Å². The molecule has 5 aromatic rings. The van der Waals surface area contributed by atoms with E-state index in [1.54, 1.807) is 24.5 Å².